The summed E-state index contributed by atoms with van der Waals surface area (Å²) in [5, 5.41) is 5.59. The molecule has 0 aliphatic heterocycles. The van der Waals surface area contributed by atoms with Gasteiger partial charge in [-0.1, -0.05) is 18.2 Å². The first-order valence-electron chi connectivity index (χ1n) is 5.93. The van der Waals surface area contributed by atoms with Crippen molar-refractivity contribution in [3.05, 3.63) is 54.9 Å². The summed E-state index contributed by atoms with van der Waals surface area (Å²) in [6.45, 7) is -0.0983. The van der Waals surface area contributed by atoms with Crippen LogP contribution in [0.1, 0.15) is 0 Å². The number of aromatic nitrogens is 1. The highest BCUT2D eigenvalue weighted by Crippen LogP contribution is 2.07. The Bertz CT molecular complexity index is 575. The number of nitrogens with zero attached hydrogens (tertiary/aromatic N) is 1. The molecule has 2 N–H and O–H groups in total. The molecule has 6 heteroatoms. The van der Waals surface area contributed by atoms with Crippen LogP contribution in [0, 0.1) is 0 Å². The van der Waals surface area contributed by atoms with Crippen LogP contribution in [0.4, 0.5) is 5.69 Å². The van der Waals surface area contributed by atoms with Gasteiger partial charge < -0.3 is 10.1 Å². The Morgan fingerprint density at radius 3 is 2.70 bits per heavy atom. The van der Waals surface area contributed by atoms with Crippen LogP contribution in [0.5, 0.6) is 5.75 Å². The van der Waals surface area contributed by atoms with Gasteiger partial charge in [0.15, 0.2) is 11.7 Å². The van der Waals surface area contributed by atoms with Crippen LogP contribution in [0.3, 0.4) is 0 Å². The number of carbonyl (C=O) groups is 1. The molecule has 0 aliphatic carbocycles. The van der Waals surface area contributed by atoms with Crippen molar-refractivity contribution in [1.82, 2.24) is 10.3 Å². The minimum atomic E-state index is -0.324. The van der Waals surface area contributed by atoms with Crippen LogP contribution in [0.15, 0.2) is 54.9 Å². The van der Waals surface area contributed by atoms with Gasteiger partial charge >= 0.3 is 0 Å². The Morgan fingerprint density at radius 1 is 1.20 bits per heavy atom. The number of thiocarbonyl (C=S) groups is 1. The number of amides is 1. The summed E-state index contributed by atoms with van der Waals surface area (Å²) in [7, 11) is 0. The lowest BCUT2D eigenvalue weighted by molar-refractivity contribution is -0.121. The quantitative estimate of drug-likeness (QED) is 0.842. The molecule has 1 heterocycles. The lowest BCUT2D eigenvalue weighted by atomic mass is 10.3. The van der Waals surface area contributed by atoms with E-state index in [0.29, 0.717) is 11.4 Å². The molecule has 0 saturated heterocycles. The number of hydrogen-bond donors (Lipinski definition) is 2. The van der Waals surface area contributed by atoms with E-state index in [1.807, 2.05) is 18.2 Å². The number of ether oxygens (including phenoxy) is 1. The largest absolute Gasteiger partial charge is 0.484 e. The molecular weight excluding hydrogens is 274 g/mol. The zero-order valence-corrected chi connectivity index (χ0v) is 11.4. The molecule has 0 atom stereocenters. The SMILES string of the molecule is O=C(COc1ccccc1)NC(=S)Nc1cccnc1. The number of nitrogens with one attached hydrogen (secondary N) is 2. The van der Waals surface area contributed by atoms with Crippen molar-refractivity contribution in [3.8, 4) is 5.75 Å². The van der Waals surface area contributed by atoms with Gasteiger partial charge in [-0.3, -0.25) is 15.1 Å². The van der Waals surface area contributed by atoms with Gasteiger partial charge in [0, 0.05) is 6.20 Å². The molecule has 0 radical (unpaired) electrons. The third-order valence-corrected chi connectivity index (χ3v) is 2.49. The predicted octanol–water partition coefficient (Wildman–Crippen LogP) is 1.97. The molecule has 1 aromatic carbocycles. The summed E-state index contributed by atoms with van der Waals surface area (Å²) in [4.78, 5) is 15.6. The van der Waals surface area contributed by atoms with Crippen LogP contribution in [0.2, 0.25) is 0 Å². The first-order valence-corrected chi connectivity index (χ1v) is 6.33. The molecule has 20 heavy (non-hydrogen) atoms. The molecule has 5 nitrogen and oxygen atoms in total. The summed E-state index contributed by atoms with van der Waals surface area (Å²) in [6.07, 6.45) is 3.26. The molecule has 102 valence electrons. The Balaban J connectivity index is 1.75. The van der Waals surface area contributed by atoms with Crippen LogP contribution in [-0.4, -0.2) is 22.6 Å². The van der Waals surface area contributed by atoms with Gasteiger partial charge in [-0.25, -0.2) is 0 Å². The van der Waals surface area contributed by atoms with E-state index in [2.05, 4.69) is 15.6 Å². The van der Waals surface area contributed by atoms with Crippen molar-refractivity contribution in [2.75, 3.05) is 11.9 Å². The Kier molecular flexibility index (Phi) is 5.02. The number of pyridine rings is 1. The Labute approximate surface area is 122 Å². The van der Waals surface area contributed by atoms with E-state index in [1.165, 1.54) is 0 Å². The maximum Gasteiger partial charge on any atom is 0.264 e. The third kappa shape index (κ3) is 4.66. The molecule has 0 bridgehead atoms. The minimum absolute atomic E-state index is 0.0983. The number of anilines is 1. The fourth-order valence-electron chi connectivity index (χ4n) is 1.43. The first kappa shape index (κ1) is 14.0. The number of rotatable bonds is 4. The lowest BCUT2D eigenvalue weighted by Gasteiger charge is -2.09. The molecule has 0 spiro atoms. The van der Waals surface area contributed by atoms with Gasteiger partial charge in [0.2, 0.25) is 0 Å². The molecule has 1 amide bonds. The van der Waals surface area contributed by atoms with E-state index in [0.717, 1.165) is 0 Å². The second-order valence-corrected chi connectivity index (χ2v) is 4.25. The highest BCUT2D eigenvalue weighted by Gasteiger charge is 2.05. The van der Waals surface area contributed by atoms with Crippen molar-refractivity contribution in [3.63, 3.8) is 0 Å². The van der Waals surface area contributed by atoms with Gasteiger partial charge in [-0.05, 0) is 36.5 Å². The minimum Gasteiger partial charge on any atom is -0.484 e. The fourth-order valence-corrected chi connectivity index (χ4v) is 1.66. The summed E-state index contributed by atoms with van der Waals surface area (Å²) in [5.74, 6) is 0.309. The number of carbonyl (C=O) groups excluding carboxylic acids is 1. The summed E-state index contributed by atoms with van der Waals surface area (Å²) < 4.78 is 5.31. The van der Waals surface area contributed by atoms with Gasteiger partial charge in [-0.15, -0.1) is 0 Å². The number of hydrogen-bond acceptors (Lipinski definition) is 4. The second-order valence-electron chi connectivity index (χ2n) is 3.85. The van der Waals surface area contributed by atoms with Gasteiger partial charge in [0.25, 0.3) is 5.91 Å². The summed E-state index contributed by atoms with van der Waals surface area (Å²) >= 11 is 5.02. The molecule has 0 saturated carbocycles. The first-order chi connectivity index (χ1) is 9.74. The zero-order valence-electron chi connectivity index (χ0n) is 10.6. The Hall–Kier alpha value is -2.47. The standard InChI is InChI=1S/C14H13N3O2S/c18-13(10-19-12-6-2-1-3-7-12)17-14(20)16-11-5-4-8-15-9-11/h1-9H,10H2,(H2,16,17,18,20). The average molecular weight is 287 g/mol. The second kappa shape index (κ2) is 7.20. The topological polar surface area (TPSA) is 63.2 Å². The highest BCUT2D eigenvalue weighted by molar-refractivity contribution is 7.80. The van der Waals surface area contributed by atoms with E-state index < -0.39 is 0 Å². The monoisotopic (exact) mass is 287 g/mol. The number of para-hydroxylation sites is 1. The fraction of sp³-hybridized carbons (Fsp3) is 0.0714. The average Bonchev–Trinajstić information content (AvgIpc) is 2.47. The van der Waals surface area contributed by atoms with E-state index in [4.69, 9.17) is 17.0 Å². The van der Waals surface area contributed by atoms with Gasteiger partial charge in [0.05, 0.1) is 11.9 Å². The maximum atomic E-state index is 11.6. The molecule has 2 aromatic rings. The lowest BCUT2D eigenvalue weighted by Crippen LogP contribution is -2.37. The summed E-state index contributed by atoms with van der Waals surface area (Å²) in [5.41, 5.74) is 0.710. The molecule has 0 aliphatic rings. The Morgan fingerprint density at radius 2 is 2.00 bits per heavy atom. The summed E-state index contributed by atoms with van der Waals surface area (Å²) in [6, 6.07) is 12.7. The predicted molar refractivity (Wildman–Crippen MR) is 80.5 cm³/mol. The van der Waals surface area contributed by atoms with Gasteiger partial charge in [-0.2, -0.15) is 0 Å². The van der Waals surface area contributed by atoms with E-state index >= 15 is 0 Å². The highest BCUT2D eigenvalue weighted by atomic mass is 32.1. The molecular formula is C14H13N3O2S. The van der Waals surface area contributed by atoms with Crippen LogP contribution in [-0.2, 0) is 4.79 Å². The van der Waals surface area contributed by atoms with E-state index in [1.54, 1.807) is 36.7 Å². The number of benzene rings is 1. The maximum absolute atomic E-state index is 11.6. The molecule has 0 fully saturated rings. The normalized spacial score (nSPS) is 9.60. The van der Waals surface area contributed by atoms with Crippen LogP contribution < -0.4 is 15.4 Å². The third-order valence-electron chi connectivity index (χ3n) is 2.29. The van der Waals surface area contributed by atoms with Crippen molar-refractivity contribution < 1.29 is 9.53 Å². The van der Waals surface area contributed by atoms with Crippen LogP contribution in [0.25, 0.3) is 0 Å². The molecule has 0 unspecified atom stereocenters. The van der Waals surface area contributed by atoms with Crippen molar-refractivity contribution >= 4 is 28.9 Å². The van der Waals surface area contributed by atoms with Crippen LogP contribution >= 0.6 is 12.2 Å². The molecule has 2 rings (SSSR count). The van der Waals surface area contributed by atoms with Crippen molar-refractivity contribution in [2.24, 2.45) is 0 Å². The zero-order chi connectivity index (χ0) is 14.2. The van der Waals surface area contributed by atoms with E-state index in [9.17, 15) is 4.79 Å². The van der Waals surface area contributed by atoms with Crippen molar-refractivity contribution in [1.29, 1.82) is 0 Å². The van der Waals surface area contributed by atoms with Crippen molar-refractivity contribution in [2.45, 2.75) is 0 Å². The smallest absolute Gasteiger partial charge is 0.264 e. The van der Waals surface area contributed by atoms with Gasteiger partial charge in [0.1, 0.15) is 5.75 Å². The molecule has 1 aromatic heterocycles. The van der Waals surface area contributed by atoms with E-state index in [-0.39, 0.29) is 17.6 Å².